The van der Waals surface area contributed by atoms with Gasteiger partial charge in [-0.05, 0) is 33.6 Å². The topological polar surface area (TPSA) is 75.6 Å². The van der Waals surface area contributed by atoms with Gasteiger partial charge in [-0.1, -0.05) is 12.2 Å². The maximum atomic E-state index is 11.5. The first kappa shape index (κ1) is 13.5. The Labute approximate surface area is 101 Å². The first-order valence-corrected chi connectivity index (χ1v) is 5.67. The fourth-order valence-corrected chi connectivity index (χ4v) is 1.66. The van der Waals surface area contributed by atoms with Gasteiger partial charge in [0.05, 0.1) is 12.0 Å². The maximum absolute atomic E-state index is 11.5. The SMILES string of the molecule is CC(C)(C)OC(=O)N[C@H]1C=CC[C@H](C(=O)O)C1. The van der Waals surface area contributed by atoms with Crippen LogP contribution in [0.5, 0.6) is 0 Å². The molecule has 2 N–H and O–H groups in total. The fourth-order valence-electron chi connectivity index (χ4n) is 1.66. The number of carboxylic acids is 1. The minimum absolute atomic E-state index is 0.264. The van der Waals surface area contributed by atoms with Gasteiger partial charge in [-0.2, -0.15) is 0 Å². The van der Waals surface area contributed by atoms with E-state index in [-0.39, 0.29) is 6.04 Å². The number of allylic oxidation sites excluding steroid dienone is 1. The standard InChI is InChI=1S/C12H19NO4/c1-12(2,3)17-11(16)13-9-6-4-5-8(7-9)10(14)15/h4,6,8-9H,5,7H2,1-3H3,(H,13,16)(H,14,15)/t8-,9-/m0/s1. The molecule has 0 aromatic carbocycles. The number of carbonyl (C=O) groups is 2. The fraction of sp³-hybridized carbons (Fsp3) is 0.667. The summed E-state index contributed by atoms with van der Waals surface area (Å²) >= 11 is 0. The van der Waals surface area contributed by atoms with Gasteiger partial charge in [-0.15, -0.1) is 0 Å². The monoisotopic (exact) mass is 241 g/mol. The summed E-state index contributed by atoms with van der Waals surface area (Å²) in [5.74, 6) is -1.26. The highest BCUT2D eigenvalue weighted by atomic mass is 16.6. The molecule has 1 rings (SSSR count). The number of carboxylic acid groups (broad SMARTS) is 1. The molecule has 0 fully saturated rings. The molecule has 1 aliphatic carbocycles. The summed E-state index contributed by atoms with van der Waals surface area (Å²) in [5, 5.41) is 11.5. The van der Waals surface area contributed by atoms with Crippen LogP contribution in [0.3, 0.4) is 0 Å². The summed E-state index contributed by atoms with van der Waals surface area (Å²) in [6.07, 6.45) is 4.00. The Hall–Kier alpha value is -1.52. The van der Waals surface area contributed by atoms with Crippen LogP contribution in [0.1, 0.15) is 33.6 Å². The van der Waals surface area contributed by atoms with Crippen LogP contribution in [0.2, 0.25) is 0 Å². The number of ether oxygens (including phenoxy) is 1. The van der Waals surface area contributed by atoms with Gasteiger partial charge in [0, 0.05) is 0 Å². The zero-order chi connectivity index (χ0) is 13.1. The minimum Gasteiger partial charge on any atom is -0.481 e. The van der Waals surface area contributed by atoms with E-state index in [1.54, 1.807) is 26.8 Å². The highest BCUT2D eigenvalue weighted by Gasteiger charge is 2.26. The lowest BCUT2D eigenvalue weighted by Crippen LogP contribution is -2.40. The van der Waals surface area contributed by atoms with Crippen molar-refractivity contribution in [1.29, 1.82) is 0 Å². The third-order valence-electron chi connectivity index (χ3n) is 2.38. The third-order valence-corrected chi connectivity index (χ3v) is 2.38. The molecule has 96 valence electrons. The summed E-state index contributed by atoms with van der Waals surface area (Å²) in [4.78, 5) is 22.3. The van der Waals surface area contributed by atoms with Crippen LogP contribution in [0.15, 0.2) is 12.2 Å². The van der Waals surface area contributed by atoms with Crippen molar-refractivity contribution in [2.24, 2.45) is 5.92 Å². The Bertz CT molecular complexity index is 330. The molecule has 5 nitrogen and oxygen atoms in total. The van der Waals surface area contributed by atoms with Crippen LogP contribution in [0.4, 0.5) is 4.79 Å². The predicted molar refractivity (Wildman–Crippen MR) is 62.7 cm³/mol. The van der Waals surface area contributed by atoms with E-state index < -0.39 is 23.6 Å². The molecule has 1 amide bonds. The number of hydrogen-bond acceptors (Lipinski definition) is 3. The van der Waals surface area contributed by atoms with Crippen LogP contribution in [0.25, 0.3) is 0 Å². The molecule has 0 bridgehead atoms. The molecule has 0 aromatic heterocycles. The number of alkyl carbamates (subject to hydrolysis) is 1. The molecule has 17 heavy (non-hydrogen) atoms. The number of amides is 1. The molecule has 5 heteroatoms. The number of carbonyl (C=O) groups excluding carboxylic acids is 1. The first-order valence-electron chi connectivity index (χ1n) is 5.67. The highest BCUT2D eigenvalue weighted by Crippen LogP contribution is 2.19. The van der Waals surface area contributed by atoms with E-state index >= 15 is 0 Å². The molecule has 0 aliphatic heterocycles. The summed E-state index contributed by atoms with van der Waals surface area (Å²) in [7, 11) is 0. The number of hydrogen-bond donors (Lipinski definition) is 2. The second kappa shape index (κ2) is 5.21. The second-order valence-corrected chi connectivity index (χ2v) is 5.19. The van der Waals surface area contributed by atoms with Crippen LogP contribution in [-0.2, 0) is 9.53 Å². The molecule has 2 atom stereocenters. The van der Waals surface area contributed by atoms with Crippen LogP contribution < -0.4 is 5.32 Å². The molecule has 0 aromatic rings. The molecule has 0 spiro atoms. The van der Waals surface area contributed by atoms with Gasteiger partial charge in [-0.3, -0.25) is 4.79 Å². The molecule has 0 saturated heterocycles. The summed E-state index contributed by atoms with van der Waals surface area (Å²) in [5.41, 5.74) is -0.547. The van der Waals surface area contributed by atoms with Crippen molar-refractivity contribution in [3.8, 4) is 0 Å². The Morgan fingerprint density at radius 2 is 2.06 bits per heavy atom. The third kappa shape index (κ3) is 4.89. The predicted octanol–water partition coefficient (Wildman–Crippen LogP) is 1.93. The molecule has 0 radical (unpaired) electrons. The van der Waals surface area contributed by atoms with Crippen molar-refractivity contribution < 1.29 is 19.4 Å². The Morgan fingerprint density at radius 1 is 1.41 bits per heavy atom. The average molecular weight is 241 g/mol. The molecule has 1 aliphatic rings. The van der Waals surface area contributed by atoms with Crippen LogP contribution in [0, 0.1) is 5.92 Å². The lowest BCUT2D eigenvalue weighted by atomic mass is 9.91. The zero-order valence-electron chi connectivity index (χ0n) is 10.4. The van der Waals surface area contributed by atoms with Crippen molar-refractivity contribution >= 4 is 12.1 Å². The van der Waals surface area contributed by atoms with Crippen molar-refractivity contribution in [3.05, 3.63) is 12.2 Å². The average Bonchev–Trinajstić information content (AvgIpc) is 2.14. The van der Waals surface area contributed by atoms with Crippen molar-refractivity contribution in [1.82, 2.24) is 5.32 Å². The Balaban J connectivity index is 2.47. The van der Waals surface area contributed by atoms with Gasteiger partial charge in [0.2, 0.25) is 0 Å². The molecule has 0 unspecified atom stereocenters. The van der Waals surface area contributed by atoms with E-state index in [9.17, 15) is 9.59 Å². The summed E-state index contributed by atoms with van der Waals surface area (Å²) < 4.78 is 5.10. The maximum Gasteiger partial charge on any atom is 0.408 e. The van der Waals surface area contributed by atoms with Gasteiger partial charge in [0.1, 0.15) is 5.60 Å². The second-order valence-electron chi connectivity index (χ2n) is 5.19. The number of nitrogens with one attached hydrogen (secondary N) is 1. The minimum atomic E-state index is -0.828. The smallest absolute Gasteiger partial charge is 0.408 e. The van der Waals surface area contributed by atoms with Crippen molar-refractivity contribution in [3.63, 3.8) is 0 Å². The lowest BCUT2D eigenvalue weighted by Gasteiger charge is -2.25. The van der Waals surface area contributed by atoms with E-state index in [1.807, 2.05) is 6.08 Å². The van der Waals surface area contributed by atoms with E-state index in [0.29, 0.717) is 12.8 Å². The number of aliphatic carboxylic acids is 1. The summed E-state index contributed by atoms with van der Waals surface area (Å²) in [6, 6.07) is -0.264. The van der Waals surface area contributed by atoms with E-state index in [2.05, 4.69) is 5.32 Å². The highest BCUT2D eigenvalue weighted by molar-refractivity contribution is 5.71. The lowest BCUT2D eigenvalue weighted by molar-refractivity contribution is -0.142. The van der Waals surface area contributed by atoms with Crippen molar-refractivity contribution in [2.75, 3.05) is 0 Å². The molecular formula is C12H19NO4. The van der Waals surface area contributed by atoms with E-state index in [4.69, 9.17) is 9.84 Å². The zero-order valence-corrected chi connectivity index (χ0v) is 10.4. The quantitative estimate of drug-likeness (QED) is 0.724. The molecule has 0 saturated carbocycles. The summed E-state index contributed by atoms with van der Waals surface area (Å²) in [6.45, 7) is 5.34. The Kier molecular flexibility index (Phi) is 4.15. The molecule has 0 heterocycles. The van der Waals surface area contributed by atoms with E-state index in [0.717, 1.165) is 0 Å². The van der Waals surface area contributed by atoms with Gasteiger partial charge < -0.3 is 15.2 Å². The first-order chi connectivity index (χ1) is 7.78. The van der Waals surface area contributed by atoms with Gasteiger partial charge in [0.25, 0.3) is 0 Å². The van der Waals surface area contributed by atoms with E-state index in [1.165, 1.54) is 0 Å². The Morgan fingerprint density at radius 3 is 2.59 bits per heavy atom. The van der Waals surface area contributed by atoms with Gasteiger partial charge >= 0.3 is 12.1 Å². The molecular weight excluding hydrogens is 222 g/mol. The number of rotatable bonds is 2. The van der Waals surface area contributed by atoms with Gasteiger partial charge in [-0.25, -0.2) is 4.79 Å². The van der Waals surface area contributed by atoms with Crippen molar-refractivity contribution in [2.45, 2.75) is 45.3 Å². The normalized spacial score (nSPS) is 24.2. The van der Waals surface area contributed by atoms with Gasteiger partial charge in [0.15, 0.2) is 0 Å². The van der Waals surface area contributed by atoms with Crippen LogP contribution in [-0.4, -0.2) is 28.8 Å². The van der Waals surface area contributed by atoms with Crippen LogP contribution >= 0.6 is 0 Å². The largest absolute Gasteiger partial charge is 0.481 e.